The van der Waals surface area contributed by atoms with Crippen LogP contribution in [0.3, 0.4) is 0 Å². The van der Waals surface area contributed by atoms with E-state index in [1.165, 1.54) is 24.7 Å². The molecule has 120 valence electrons. The molecule has 2 aromatic heterocycles. The predicted octanol–water partition coefficient (Wildman–Crippen LogP) is -0.645. The number of sulfonamides is 1. The minimum atomic E-state index is -3.66. The molecule has 0 amide bonds. The van der Waals surface area contributed by atoms with Gasteiger partial charge >= 0.3 is 5.69 Å². The first-order valence-corrected chi connectivity index (χ1v) is 8.13. The fraction of sp³-hybridized carbons (Fsp3) is 0.154. The second-order valence-electron chi connectivity index (χ2n) is 4.65. The van der Waals surface area contributed by atoms with Crippen LogP contribution < -0.4 is 10.4 Å². The van der Waals surface area contributed by atoms with Crippen LogP contribution in [0.4, 0.5) is 0 Å². The number of fused-ring (bicyclic) bond motifs is 1. The van der Waals surface area contributed by atoms with Gasteiger partial charge in [-0.1, -0.05) is 12.1 Å². The van der Waals surface area contributed by atoms with E-state index in [-0.39, 0.29) is 18.0 Å². The van der Waals surface area contributed by atoms with Gasteiger partial charge in [-0.05, 0) is 17.7 Å². The Morgan fingerprint density at radius 1 is 1.26 bits per heavy atom. The molecule has 0 fully saturated rings. The first kappa shape index (κ1) is 15.3. The highest BCUT2D eigenvalue weighted by atomic mass is 32.2. The highest BCUT2D eigenvalue weighted by molar-refractivity contribution is 7.89. The number of hydrogen-bond donors (Lipinski definition) is 3. The molecule has 2 heterocycles. The largest absolute Gasteiger partial charge is 0.395 e. The van der Waals surface area contributed by atoms with Crippen LogP contribution in [0.2, 0.25) is 0 Å². The molecule has 0 atom stereocenters. The summed E-state index contributed by atoms with van der Waals surface area (Å²) in [4.78, 5) is 18.2. The van der Waals surface area contributed by atoms with Crippen LogP contribution in [-0.4, -0.2) is 46.3 Å². The van der Waals surface area contributed by atoms with Crippen LogP contribution in [0.5, 0.6) is 0 Å². The topological polar surface area (TPSA) is 129 Å². The number of aromatic amines is 1. The van der Waals surface area contributed by atoms with Gasteiger partial charge < -0.3 is 5.11 Å². The van der Waals surface area contributed by atoms with Crippen LogP contribution in [0.15, 0.2) is 46.5 Å². The maximum atomic E-state index is 11.9. The summed E-state index contributed by atoms with van der Waals surface area (Å²) in [6.07, 6.45) is 2.77. The van der Waals surface area contributed by atoms with Gasteiger partial charge in [0.1, 0.15) is 0 Å². The fourth-order valence-electron chi connectivity index (χ4n) is 2.11. The van der Waals surface area contributed by atoms with Gasteiger partial charge in [-0.15, -0.1) is 0 Å². The van der Waals surface area contributed by atoms with E-state index >= 15 is 0 Å². The highest BCUT2D eigenvalue weighted by Crippen LogP contribution is 2.23. The molecule has 1 aromatic carbocycles. The standard InChI is InChI=1S/C13H13N5O4S/c19-6-5-17-23(21,22)10-3-1-9(2-4-10)11-7-16-18-12(11)14-8-15-13(18)20/h1-4,7-8,17,19H,5-6H2,(H,14,15,20). The third-order valence-corrected chi connectivity index (χ3v) is 4.67. The molecule has 3 aromatic rings. The second kappa shape index (κ2) is 5.91. The number of aromatic nitrogens is 4. The zero-order valence-electron chi connectivity index (χ0n) is 11.8. The lowest BCUT2D eigenvalue weighted by Crippen LogP contribution is -2.26. The number of rotatable bonds is 5. The van der Waals surface area contributed by atoms with Crippen LogP contribution in [0.1, 0.15) is 0 Å². The Hall–Kier alpha value is -2.56. The van der Waals surface area contributed by atoms with E-state index in [0.717, 1.165) is 4.52 Å². The quantitative estimate of drug-likeness (QED) is 0.568. The summed E-state index contributed by atoms with van der Waals surface area (Å²) in [5, 5.41) is 12.7. The maximum absolute atomic E-state index is 11.9. The third kappa shape index (κ3) is 2.86. The molecule has 0 aliphatic carbocycles. The van der Waals surface area contributed by atoms with Crippen molar-refractivity contribution in [1.29, 1.82) is 0 Å². The third-order valence-electron chi connectivity index (χ3n) is 3.19. The molecule has 0 spiro atoms. The molecule has 0 saturated heterocycles. The van der Waals surface area contributed by atoms with E-state index in [0.29, 0.717) is 16.8 Å². The number of benzene rings is 1. The molecule has 0 saturated carbocycles. The van der Waals surface area contributed by atoms with E-state index < -0.39 is 15.7 Å². The SMILES string of the molecule is O=c1[nH]cnc2c(-c3ccc(S(=O)(=O)NCCO)cc3)cnn12. The van der Waals surface area contributed by atoms with Gasteiger partial charge in [-0.3, -0.25) is 4.98 Å². The van der Waals surface area contributed by atoms with Gasteiger partial charge in [-0.2, -0.15) is 9.61 Å². The van der Waals surface area contributed by atoms with Crippen molar-refractivity contribution in [2.45, 2.75) is 4.90 Å². The van der Waals surface area contributed by atoms with E-state index in [9.17, 15) is 13.2 Å². The van der Waals surface area contributed by atoms with Crippen molar-refractivity contribution in [3.05, 3.63) is 47.3 Å². The van der Waals surface area contributed by atoms with Gasteiger partial charge in [0.05, 0.1) is 24.0 Å². The molecule has 0 bridgehead atoms. The van der Waals surface area contributed by atoms with Crippen LogP contribution >= 0.6 is 0 Å². The Balaban J connectivity index is 1.99. The van der Waals surface area contributed by atoms with E-state index in [2.05, 4.69) is 19.8 Å². The van der Waals surface area contributed by atoms with Crippen molar-refractivity contribution in [2.75, 3.05) is 13.2 Å². The van der Waals surface area contributed by atoms with Crippen molar-refractivity contribution in [1.82, 2.24) is 24.3 Å². The summed E-state index contributed by atoms with van der Waals surface area (Å²) in [6, 6.07) is 6.08. The maximum Gasteiger partial charge on any atom is 0.349 e. The molecule has 10 heteroatoms. The minimum absolute atomic E-state index is 0.0508. The Labute approximate surface area is 130 Å². The molecule has 9 nitrogen and oxygen atoms in total. The predicted molar refractivity (Wildman–Crippen MR) is 81.3 cm³/mol. The van der Waals surface area contributed by atoms with Gasteiger partial charge in [0, 0.05) is 12.1 Å². The van der Waals surface area contributed by atoms with Crippen molar-refractivity contribution < 1.29 is 13.5 Å². The normalized spacial score (nSPS) is 11.9. The number of H-pyrrole nitrogens is 1. The minimum Gasteiger partial charge on any atom is -0.395 e. The number of nitrogens with one attached hydrogen (secondary N) is 2. The summed E-state index contributed by atoms with van der Waals surface area (Å²) in [6.45, 7) is -0.329. The van der Waals surface area contributed by atoms with Crippen molar-refractivity contribution in [3.63, 3.8) is 0 Å². The molecule has 23 heavy (non-hydrogen) atoms. The molecule has 0 radical (unpaired) electrons. The van der Waals surface area contributed by atoms with Crippen molar-refractivity contribution in [3.8, 4) is 11.1 Å². The first-order chi connectivity index (χ1) is 11.0. The van der Waals surface area contributed by atoms with Gasteiger partial charge in [0.15, 0.2) is 5.65 Å². The van der Waals surface area contributed by atoms with Gasteiger partial charge in [0.25, 0.3) is 0 Å². The van der Waals surface area contributed by atoms with Crippen molar-refractivity contribution in [2.24, 2.45) is 0 Å². The first-order valence-electron chi connectivity index (χ1n) is 6.65. The summed E-state index contributed by atoms with van der Waals surface area (Å²) < 4.78 is 27.3. The molecule has 3 rings (SSSR count). The zero-order chi connectivity index (χ0) is 16.4. The lowest BCUT2D eigenvalue weighted by atomic mass is 10.1. The summed E-state index contributed by atoms with van der Waals surface area (Å²) >= 11 is 0. The van der Waals surface area contributed by atoms with Gasteiger partial charge in [-0.25, -0.2) is 22.9 Å². The highest BCUT2D eigenvalue weighted by Gasteiger charge is 2.14. The Bertz CT molecular complexity index is 991. The summed E-state index contributed by atoms with van der Waals surface area (Å²) in [5.74, 6) is 0. The monoisotopic (exact) mass is 335 g/mol. The second-order valence-corrected chi connectivity index (χ2v) is 6.41. The summed E-state index contributed by atoms with van der Waals surface area (Å²) in [5.41, 5.74) is 1.26. The lowest BCUT2D eigenvalue weighted by molar-refractivity contribution is 0.301. The molecule has 0 unspecified atom stereocenters. The molecule has 3 N–H and O–H groups in total. The number of nitrogens with zero attached hydrogens (tertiary/aromatic N) is 3. The number of aliphatic hydroxyl groups excluding tert-OH is 1. The molecule has 0 aliphatic heterocycles. The van der Waals surface area contributed by atoms with Gasteiger partial charge in [0.2, 0.25) is 10.0 Å². The molecule has 0 aliphatic rings. The lowest BCUT2D eigenvalue weighted by Gasteiger charge is -2.06. The Kier molecular flexibility index (Phi) is 3.94. The van der Waals surface area contributed by atoms with E-state index in [1.807, 2.05) is 0 Å². The van der Waals surface area contributed by atoms with E-state index in [1.54, 1.807) is 12.1 Å². The average molecular weight is 335 g/mol. The van der Waals surface area contributed by atoms with Crippen molar-refractivity contribution >= 4 is 15.7 Å². The van der Waals surface area contributed by atoms with Crippen LogP contribution in [0, 0.1) is 0 Å². The zero-order valence-corrected chi connectivity index (χ0v) is 12.6. The number of hydrogen-bond acceptors (Lipinski definition) is 6. The Morgan fingerprint density at radius 2 is 2.00 bits per heavy atom. The van der Waals surface area contributed by atoms with Crippen LogP contribution in [-0.2, 0) is 10.0 Å². The summed E-state index contributed by atoms with van der Waals surface area (Å²) in [7, 11) is -3.66. The van der Waals surface area contributed by atoms with Crippen LogP contribution in [0.25, 0.3) is 16.8 Å². The Morgan fingerprint density at radius 3 is 2.70 bits per heavy atom. The smallest absolute Gasteiger partial charge is 0.349 e. The molecular weight excluding hydrogens is 322 g/mol. The average Bonchev–Trinajstić information content (AvgIpc) is 2.98. The molecular formula is C13H13N5O4S. The number of aliphatic hydroxyl groups is 1. The van der Waals surface area contributed by atoms with E-state index in [4.69, 9.17) is 5.11 Å². The fourth-order valence-corrected chi connectivity index (χ4v) is 3.13.